The largest absolute Gasteiger partial charge is 0.400 e. The van der Waals surface area contributed by atoms with Gasteiger partial charge in [-0.05, 0) is 0 Å². The summed E-state index contributed by atoms with van der Waals surface area (Å²) in [5.41, 5.74) is 0.612. The van der Waals surface area contributed by atoms with E-state index in [1.165, 1.54) is 0 Å². The van der Waals surface area contributed by atoms with Gasteiger partial charge in [0.05, 0.1) is 0 Å². The van der Waals surface area contributed by atoms with Gasteiger partial charge < -0.3 is 8.85 Å². The smallest absolute Gasteiger partial charge is 0.324 e. The molecule has 0 amide bonds. The molecule has 0 spiro atoms. The van der Waals surface area contributed by atoms with Gasteiger partial charge in [-0.25, -0.2) is 0 Å². The van der Waals surface area contributed by atoms with Gasteiger partial charge in [-0.3, -0.25) is 0 Å². The lowest BCUT2D eigenvalue weighted by molar-refractivity contribution is 0.270. The van der Waals surface area contributed by atoms with Crippen molar-refractivity contribution >= 4 is 31.9 Å². The maximum atomic E-state index is 5.16. The number of hydrogen-bond acceptors (Lipinski definition) is 2. The van der Waals surface area contributed by atoms with Crippen LogP contribution in [0.5, 0.6) is 0 Å². The summed E-state index contributed by atoms with van der Waals surface area (Å²) in [6, 6.07) is 0. The highest BCUT2D eigenvalue weighted by molar-refractivity contribution is 14.1. The first-order valence-corrected chi connectivity index (χ1v) is 6.01. The first-order valence-electron chi connectivity index (χ1n) is 2.87. The molecule has 1 atom stereocenters. The molecule has 0 saturated carbocycles. The van der Waals surface area contributed by atoms with Crippen LogP contribution in [0.1, 0.15) is 6.92 Å². The molecule has 56 valence electrons. The number of rotatable bonds is 4. The Labute approximate surface area is 71.9 Å². The van der Waals surface area contributed by atoms with Gasteiger partial charge in [0.1, 0.15) is 0 Å². The summed E-state index contributed by atoms with van der Waals surface area (Å²) in [6.45, 7) is 2.16. The lowest BCUT2D eigenvalue weighted by Crippen LogP contribution is -2.25. The third-order valence-electron chi connectivity index (χ3n) is 1.17. The van der Waals surface area contributed by atoms with Crippen LogP contribution < -0.4 is 0 Å². The number of alkyl halides is 1. The summed E-state index contributed by atoms with van der Waals surface area (Å²) in [5.74, 6) is 0. The Bertz CT molecular complexity index is 68.0. The second-order valence-corrected chi connectivity index (χ2v) is 5.67. The number of halogens is 1. The second-order valence-electron chi connectivity index (χ2n) is 1.97. The molecule has 2 nitrogen and oxygen atoms in total. The van der Waals surface area contributed by atoms with Gasteiger partial charge in [0.25, 0.3) is 0 Å². The first kappa shape index (κ1) is 9.87. The Hall–Kier alpha value is 0.867. The Balaban J connectivity index is 3.50. The SMILES string of the molecule is CO[SiH](OC)C(C)CI. The van der Waals surface area contributed by atoms with Gasteiger partial charge in [-0.2, -0.15) is 0 Å². The van der Waals surface area contributed by atoms with Crippen LogP contribution in [0.4, 0.5) is 0 Å². The van der Waals surface area contributed by atoms with Gasteiger partial charge in [0, 0.05) is 24.2 Å². The molecular weight excluding hydrogens is 247 g/mol. The molecule has 1 unspecified atom stereocenters. The van der Waals surface area contributed by atoms with Crippen LogP contribution in [-0.2, 0) is 8.85 Å². The van der Waals surface area contributed by atoms with E-state index in [-0.39, 0.29) is 0 Å². The molecule has 0 radical (unpaired) electrons. The van der Waals surface area contributed by atoms with E-state index in [9.17, 15) is 0 Å². The topological polar surface area (TPSA) is 18.5 Å². The molecule has 9 heavy (non-hydrogen) atoms. The van der Waals surface area contributed by atoms with Gasteiger partial charge in [0.15, 0.2) is 0 Å². The summed E-state index contributed by atoms with van der Waals surface area (Å²) < 4.78 is 11.4. The van der Waals surface area contributed by atoms with Crippen LogP contribution in [-0.4, -0.2) is 27.9 Å². The Morgan fingerprint density at radius 3 is 2.00 bits per heavy atom. The molecule has 0 aromatic heterocycles. The second kappa shape index (κ2) is 5.64. The van der Waals surface area contributed by atoms with Crippen molar-refractivity contribution in [1.29, 1.82) is 0 Å². The summed E-state index contributed by atoms with van der Waals surface area (Å²) in [5, 5.41) is 0. The summed E-state index contributed by atoms with van der Waals surface area (Å²) in [7, 11) is 2.16. The molecule has 0 rings (SSSR count). The summed E-state index contributed by atoms with van der Waals surface area (Å²) in [4.78, 5) is 0. The third kappa shape index (κ3) is 3.54. The highest BCUT2D eigenvalue weighted by Gasteiger charge is 2.17. The lowest BCUT2D eigenvalue weighted by Gasteiger charge is -2.15. The minimum absolute atomic E-state index is 0.612. The quantitative estimate of drug-likeness (QED) is 0.431. The Kier molecular flexibility index (Phi) is 6.18. The van der Waals surface area contributed by atoms with E-state index in [2.05, 4.69) is 29.5 Å². The molecule has 0 fully saturated rings. The van der Waals surface area contributed by atoms with Crippen LogP contribution in [0.3, 0.4) is 0 Å². The van der Waals surface area contributed by atoms with Crippen molar-refractivity contribution in [3.8, 4) is 0 Å². The van der Waals surface area contributed by atoms with Crippen molar-refractivity contribution in [2.45, 2.75) is 12.5 Å². The highest BCUT2D eigenvalue weighted by atomic mass is 127. The van der Waals surface area contributed by atoms with Crippen molar-refractivity contribution in [3.05, 3.63) is 0 Å². The van der Waals surface area contributed by atoms with Crippen LogP contribution in [0.15, 0.2) is 0 Å². The molecular formula is C5H13IO2Si. The van der Waals surface area contributed by atoms with Crippen molar-refractivity contribution < 1.29 is 8.85 Å². The minimum Gasteiger partial charge on any atom is -0.400 e. The fourth-order valence-electron chi connectivity index (χ4n) is 0.634. The molecule has 0 aliphatic carbocycles. The Morgan fingerprint density at radius 1 is 1.44 bits per heavy atom. The van der Waals surface area contributed by atoms with E-state index in [4.69, 9.17) is 8.85 Å². The van der Waals surface area contributed by atoms with Crippen molar-refractivity contribution in [2.24, 2.45) is 0 Å². The average molecular weight is 260 g/mol. The van der Waals surface area contributed by atoms with Crippen LogP contribution in [0.25, 0.3) is 0 Å². The molecule has 0 aliphatic heterocycles. The van der Waals surface area contributed by atoms with E-state index in [0.717, 1.165) is 4.43 Å². The standard InChI is InChI=1S/C5H13IO2Si/c1-5(4-6)9(7-2)8-3/h5,9H,4H2,1-3H3. The van der Waals surface area contributed by atoms with E-state index in [0.29, 0.717) is 5.54 Å². The molecule has 0 aliphatic rings. The predicted octanol–water partition coefficient (Wildman–Crippen LogP) is 1.32. The molecule has 0 N–H and O–H groups in total. The zero-order chi connectivity index (χ0) is 7.28. The van der Waals surface area contributed by atoms with E-state index in [1.807, 2.05) is 0 Å². The van der Waals surface area contributed by atoms with Crippen molar-refractivity contribution in [2.75, 3.05) is 18.6 Å². The average Bonchev–Trinajstić information content (AvgIpc) is 1.90. The highest BCUT2D eigenvalue weighted by Crippen LogP contribution is 2.12. The lowest BCUT2D eigenvalue weighted by atomic mass is 10.6. The molecule has 0 aromatic carbocycles. The molecule has 0 saturated heterocycles. The van der Waals surface area contributed by atoms with Crippen molar-refractivity contribution in [1.82, 2.24) is 0 Å². The van der Waals surface area contributed by atoms with Crippen LogP contribution in [0.2, 0.25) is 5.54 Å². The maximum Gasteiger partial charge on any atom is 0.324 e. The Morgan fingerprint density at radius 2 is 1.89 bits per heavy atom. The van der Waals surface area contributed by atoms with E-state index in [1.54, 1.807) is 14.2 Å². The number of hydrogen-bond donors (Lipinski definition) is 0. The van der Waals surface area contributed by atoms with Crippen LogP contribution in [0, 0.1) is 0 Å². The zero-order valence-corrected chi connectivity index (χ0v) is 9.37. The zero-order valence-electron chi connectivity index (χ0n) is 6.06. The van der Waals surface area contributed by atoms with Gasteiger partial charge in [-0.1, -0.05) is 29.5 Å². The summed E-state index contributed by atoms with van der Waals surface area (Å²) >= 11 is 2.35. The van der Waals surface area contributed by atoms with Gasteiger partial charge in [-0.15, -0.1) is 0 Å². The molecule has 0 aromatic rings. The fraction of sp³-hybridized carbons (Fsp3) is 1.00. The normalized spacial score (nSPS) is 14.3. The molecule has 4 heteroatoms. The fourth-order valence-corrected chi connectivity index (χ4v) is 3.15. The van der Waals surface area contributed by atoms with Gasteiger partial charge >= 0.3 is 9.28 Å². The third-order valence-corrected chi connectivity index (χ3v) is 5.62. The molecule has 0 heterocycles. The van der Waals surface area contributed by atoms with Crippen LogP contribution >= 0.6 is 22.6 Å². The maximum absolute atomic E-state index is 5.16. The van der Waals surface area contributed by atoms with Crippen molar-refractivity contribution in [3.63, 3.8) is 0 Å². The van der Waals surface area contributed by atoms with Gasteiger partial charge in [0.2, 0.25) is 0 Å². The first-order chi connectivity index (χ1) is 4.26. The van der Waals surface area contributed by atoms with E-state index >= 15 is 0 Å². The predicted molar refractivity (Wildman–Crippen MR) is 49.5 cm³/mol. The summed E-state index contributed by atoms with van der Waals surface area (Å²) in [6.07, 6.45) is 0. The monoisotopic (exact) mass is 260 g/mol. The van der Waals surface area contributed by atoms with E-state index < -0.39 is 9.28 Å². The minimum atomic E-state index is -1.29. The molecule has 0 bridgehead atoms.